The van der Waals surface area contributed by atoms with Gasteiger partial charge in [0.25, 0.3) is 5.91 Å². The molecular formula is C18H19F3N4O4. The number of carbonyl (C=O) groups excluding carboxylic acids is 1. The van der Waals surface area contributed by atoms with Crippen molar-refractivity contribution in [1.29, 1.82) is 0 Å². The number of fused-ring (bicyclic) bond motifs is 1. The number of aromatic nitrogens is 3. The van der Waals surface area contributed by atoms with Crippen LogP contribution in [0, 0.1) is 0 Å². The summed E-state index contributed by atoms with van der Waals surface area (Å²) >= 11 is 0. The maximum atomic E-state index is 12.6. The van der Waals surface area contributed by atoms with Crippen molar-refractivity contribution in [2.75, 3.05) is 12.4 Å². The predicted octanol–water partition coefficient (Wildman–Crippen LogP) is 3.47. The smallest absolute Gasteiger partial charge is 0.468 e. The molecule has 0 spiro atoms. The molecule has 8 nitrogen and oxygen atoms in total. The van der Waals surface area contributed by atoms with Crippen LogP contribution in [-0.2, 0) is 12.7 Å². The van der Waals surface area contributed by atoms with Crippen molar-refractivity contribution < 1.29 is 32.2 Å². The van der Waals surface area contributed by atoms with E-state index in [4.69, 9.17) is 4.74 Å². The Bertz CT molecular complexity index is 1030. The molecule has 0 saturated carbocycles. The van der Waals surface area contributed by atoms with Gasteiger partial charge < -0.3 is 19.6 Å². The summed E-state index contributed by atoms with van der Waals surface area (Å²) < 4.78 is 49.0. The molecule has 2 aromatic heterocycles. The van der Waals surface area contributed by atoms with Crippen molar-refractivity contribution in [3.63, 3.8) is 0 Å². The van der Waals surface area contributed by atoms with Gasteiger partial charge in [0.2, 0.25) is 0 Å². The Morgan fingerprint density at radius 2 is 2.07 bits per heavy atom. The zero-order chi connectivity index (χ0) is 21.4. The van der Waals surface area contributed by atoms with Crippen molar-refractivity contribution in [3.8, 4) is 5.75 Å². The monoisotopic (exact) mass is 412 g/mol. The van der Waals surface area contributed by atoms with Crippen LogP contribution in [0.2, 0.25) is 0 Å². The fourth-order valence-corrected chi connectivity index (χ4v) is 2.57. The molecule has 0 unspecified atom stereocenters. The molecule has 11 heteroatoms. The number of benzene rings is 1. The second-order valence-electron chi connectivity index (χ2n) is 7.06. The second kappa shape index (κ2) is 7.39. The number of alkyl halides is 3. The number of anilines is 1. The number of ether oxygens (including phenoxy) is 1. The van der Waals surface area contributed by atoms with Gasteiger partial charge in [-0.3, -0.25) is 9.48 Å². The molecule has 2 N–H and O–H groups in total. The first kappa shape index (κ1) is 20.6. The highest BCUT2D eigenvalue weighted by molar-refractivity contribution is 6.04. The summed E-state index contributed by atoms with van der Waals surface area (Å²) in [6.07, 6.45) is -1.94. The molecule has 0 saturated heterocycles. The molecule has 0 bridgehead atoms. The number of methoxy groups -OCH3 is 1. The minimum absolute atomic E-state index is 0.239. The third kappa shape index (κ3) is 4.86. The SMILES string of the molecule is COc1cc2nn(CCC(C)(C)O)cc2cc1NC(=O)c1coc(C(F)(F)F)n1. The summed E-state index contributed by atoms with van der Waals surface area (Å²) in [4.78, 5) is 15.4. The van der Waals surface area contributed by atoms with Crippen molar-refractivity contribution in [2.24, 2.45) is 0 Å². The van der Waals surface area contributed by atoms with Crippen molar-refractivity contribution in [3.05, 3.63) is 36.2 Å². The van der Waals surface area contributed by atoms with E-state index in [1.54, 1.807) is 36.9 Å². The number of oxazole rings is 1. The van der Waals surface area contributed by atoms with Crippen LogP contribution in [0.5, 0.6) is 5.75 Å². The Labute approximate surface area is 163 Å². The number of aliphatic hydroxyl groups is 1. The summed E-state index contributed by atoms with van der Waals surface area (Å²) in [6, 6.07) is 3.18. The zero-order valence-corrected chi connectivity index (χ0v) is 15.9. The quantitative estimate of drug-likeness (QED) is 0.643. The highest BCUT2D eigenvalue weighted by Crippen LogP contribution is 2.31. The highest BCUT2D eigenvalue weighted by atomic mass is 19.4. The molecule has 29 heavy (non-hydrogen) atoms. The molecule has 0 aliphatic heterocycles. The summed E-state index contributed by atoms with van der Waals surface area (Å²) in [7, 11) is 1.39. The number of amides is 1. The van der Waals surface area contributed by atoms with Crippen LogP contribution in [0.4, 0.5) is 18.9 Å². The van der Waals surface area contributed by atoms with Crippen LogP contribution >= 0.6 is 0 Å². The molecule has 0 radical (unpaired) electrons. The van der Waals surface area contributed by atoms with Gasteiger partial charge in [0, 0.05) is 24.2 Å². The van der Waals surface area contributed by atoms with E-state index in [0.29, 0.717) is 30.1 Å². The second-order valence-corrected chi connectivity index (χ2v) is 7.06. The number of nitrogens with one attached hydrogen (secondary N) is 1. The van der Waals surface area contributed by atoms with Gasteiger partial charge in [0.1, 0.15) is 12.0 Å². The van der Waals surface area contributed by atoms with E-state index in [9.17, 15) is 23.1 Å². The third-order valence-corrected chi connectivity index (χ3v) is 4.05. The number of rotatable bonds is 6. The number of carbonyl (C=O) groups is 1. The van der Waals surface area contributed by atoms with Crippen LogP contribution < -0.4 is 10.1 Å². The van der Waals surface area contributed by atoms with Crippen molar-refractivity contribution >= 4 is 22.5 Å². The number of halogens is 3. The van der Waals surface area contributed by atoms with Gasteiger partial charge in [-0.1, -0.05) is 0 Å². The largest absolute Gasteiger partial charge is 0.494 e. The third-order valence-electron chi connectivity index (χ3n) is 4.05. The molecule has 156 valence electrons. The summed E-state index contributed by atoms with van der Waals surface area (Å²) in [5.41, 5.74) is -0.526. The molecule has 0 fully saturated rings. The maximum absolute atomic E-state index is 12.6. The fourth-order valence-electron chi connectivity index (χ4n) is 2.57. The molecule has 1 aromatic carbocycles. The van der Waals surface area contributed by atoms with E-state index < -0.39 is 29.3 Å². The topological polar surface area (TPSA) is 102 Å². The Morgan fingerprint density at radius 3 is 2.66 bits per heavy atom. The van der Waals surface area contributed by atoms with Crippen LogP contribution in [0.25, 0.3) is 10.9 Å². The number of aryl methyl sites for hydroxylation is 1. The molecule has 0 atom stereocenters. The van der Waals surface area contributed by atoms with E-state index in [2.05, 4.69) is 19.8 Å². The van der Waals surface area contributed by atoms with Gasteiger partial charge in [-0.2, -0.15) is 18.3 Å². The minimum Gasteiger partial charge on any atom is -0.494 e. The zero-order valence-electron chi connectivity index (χ0n) is 15.9. The molecule has 3 rings (SSSR count). The lowest BCUT2D eigenvalue weighted by Crippen LogP contribution is -2.21. The van der Waals surface area contributed by atoms with E-state index >= 15 is 0 Å². The minimum atomic E-state index is -4.78. The molecule has 1 amide bonds. The van der Waals surface area contributed by atoms with Gasteiger partial charge >= 0.3 is 12.1 Å². The van der Waals surface area contributed by atoms with Crippen LogP contribution in [-0.4, -0.2) is 38.5 Å². The van der Waals surface area contributed by atoms with Gasteiger partial charge in [0.05, 0.1) is 23.9 Å². The van der Waals surface area contributed by atoms with Gasteiger partial charge in [-0.25, -0.2) is 4.98 Å². The Kier molecular flexibility index (Phi) is 5.26. The normalized spacial score (nSPS) is 12.4. The molecule has 0 aliphatic rings. The summed E-state index contributed by atoms with van der Waals surface area (Å²) in [5, 5.41) is 17.4. The maximum Gasteiger partial charge on any atom is 0.468 e. The molecule has 2 heterocycles. The summed E-state index contributed by atoms with van der Waals surface area (Å²) in [6.45, 7) is 3.86. The molecule has 0 aliphatic carbocycles. The Balaban J connectivity index is 1.84. The van der Waals surface area contributed by atoms with Gasteiger partial charge in [0.15, 0.2) is 5.69 Å². The number of hydrogen-bond acceptors (Lipinski definition) is 6. The lowest BCUT2D eigenvalue weighted by Gasteiger charge is -2.16. The standard InChI is InChI=1S/C18H19F3N4O4/c1-17(2,27)4-5-25-8-10-6-12(14(28-3)7-11(10)24-25)22-15(26)13-9-29-16(23-13)18(19,20)21/h6-9,27H,4-5H2,1-3H3,(H,22,26). The van der Waals surface area contributed by atoms with Crippen molar-refractivity contribution in [1.82, 2.24) is 14.8 Å². The first-order valence-electron chi connectivity index (χ1n) is 8.58. The first-order chi connectivity index (χ1) is 13.5. The Hall–Kier alpha value is -3.08. The lowest BCUT2D eigenvalue weighted by molar-refractivity contribution is -0.157. The van der Waals surface area contributed by atoms with Crippen molar-refractivity contribution in [2.45, 2.75) is 38.6 Å². The van der Waals surface area contributed by atoms with E-state index in [0.717, 1.165) is 0 Å². The van der Waals surface area contributed by atoms with Crippen LogP contribution in [0.15, 0.2) is 29.0 Å². The first-order valence-corrected chi connectivity index (χ1v) is 8.58. The van der Waals surface area contributed by atoms with E-state index in [1.165, 1.54) is 7.11 Å². The lowest BCUT2D eigenvalue weighted by atomic mass is 10.1. The van der Waals surface area contributed by atoms with Crippen LogP contribution in [0.3, 0.4) is 0 Å². The number of hydrogen-bond donors (Lipinski definition) is 2. The van der Waals surface area contributed by atoms with E-state index in [-0.39, 0.29) is 11.4 Å². The number of nitrogens with zero attached hydrogens (tertiary/aromatic N) is 3. The average molecular weight is 412 g/mol. The molecule has 3 aromatic rings. The Morgan fingerprint density at radius 1 is 1.34 bits per heavy atom. The fraction of sp³-hybridized carbons (Fsp3) is 0.389. The predicted molar refractivity (Wildman–Crippen MR) is 96.7 cm³/mol. The average Bonchev–Trinajstić information content (AvgIpc) is 3.25. The highest BCUT2D eigenvalue weighted by Gasteiger charge is 2.37. The van der Waals surface area contributed by atoms with Gasteiger partial charge in [-0.15, -0.1) is 0 Å². The molecular weight excluding hydrogens is 393 g/mol. The summed E-state index contributed by atoms with van der Waals surface area (Å²) in [5.74, 6) is -2.10. The van der Waals surface area contributed by atoms with Crippen LogP contribution in [0.1, 0.15) is 36.6 Å². The van der Waals surface area contributed by atoms with Gasteiger partial charge in [-0.05, 0) is 26.3 Å². The van der Waals surface area contributed by atoms with E-state index in [1.807, 2.05) is 0 Å².